The molecule has 2 aromatic carbocycles. The van der Waals surface area contributed by atoms with Gasteiger partial charge in [-0.3, -0.25) is 0 Å². The Bertz CT molecular complexity index is 675. The van der Waals surface area contributed by atoms with Crippen LogP contribution in [0, 0.1) is 5.82 Å². The molecular formula is C17H19FN2O2S. The van der Waals surface area contributed by atoms with Gasteiger partial charge in [-0.25, -0.2) is 9.18 Å². The van der Waals surface area contributed by atoms with Gasteiger partial charge in [-0.2, -0.15) is 0 Å². The molecule has 0 aliphatic heterocycles. The average Bonchev–Trinajstić information content (AvgIpc) is 2.54. The first-order chi connectivity index (χ1) is 10.9. The summed E-state index contributed by atoms with van der Waals surface area (Å²) in [5.74, 6) is -0.371. The summed E-state index contributed by atoms with van der Waals surface area (Å²) in [5, 5.41) is 15.7. The van der Waals surface area contributed by atoms with Crippen LogP contribution in [0.3, 0.4) is 0 Å². The number of carbonyl (C=O) groups excluding carboxylic acids is 1. The Morgan fingerprint density at radius 2 is 1.96 bits per heavy atom. The number of benzene rings is 2. The molecule has 2 aromatic rings. The number of rotatable bonds is 5. The highest BCUT2D eigenvalue weighted by Gasteiger charge is 2.23. The Morgan fingerprint density at radius 3 is 2.61 bits per heavy atom. The molecule has 0 bridgehead atoms. The molecule has 1 atom stereocenters. The van der Waals surface area contributed by atoms with Gasteiger partial charge in [0.05, 0.1) is 6.54 Å². The van der Waals surface area contributed by atoms with Crippen molar-refractivity contribution in [2.45, 2.75) is 17.4 Å². The molecule has 0 fully saturated rings. The molecule has 122 valence electrons. The fraction of sp³-hybridized carbons (Fsp3) is 0.235. The highest BCUT2D eigenvalue weighted by Crippen LogP contribution is 2.21. The normalized spacial score (nSPS) is 13.2. The van der Waals surface area contributed by atoms with E-state index in [-0.39, 0.29) is 12.4 Å². The Hall–Kier alpha value is -2.05. The fourth-order valence-corrected chi connectivity index (χ4v) is 2.50. The largest absolute Gasteiger partial charge is 0.384 e. The molecule has 0 aliphatic rings. The van der Waals surface area contributed by atoms with Gasteiger partial charge in [0.25, 0.3) is 0 Å². The third-order valence-corrected chi connectivity index (χ3v) is 4.11. The molecular weight excluding hydrogens is 315 g/mol. The van der Waals surface area contributed by atoms with Crippen LogP contribution in [0.15, 0.2) is 53.4 Å². The maximum atomic E-state index is 12.9. The lowest BCUT2D eigenvalue weighted by atomic mass is 9.96. The molecule has 2 amide bonds. The minimum atomic E-state index is -1.29. The lowest BCUT2D eigenvalue weighted by Crippen LogP contribution is -2.40. The van der Waals surface area contributed by atoms with Crippen LogP contribution in [0.5, 0.6) is 0 Å². The quantitative estimate of drug-likeness (QED) is 0.733. The van der Waals surface area contributed by atoms with Crippen LogP contribution in [-0.4, -0.2) is 23.9 Å². The van der Waals surface area contributed by atoms with E-state index in [9.17, 15) is 14.3 Å². The van der Waals surface area contributed by atoms with Gasteiger partial charge in [-0.05, 0) is 49.1 Å². The Morgan fingerprint density at radius 1 is 1.26 bits per heavy atom. The van der Waals surface area contributed by atoms with Gasteiger partial charge in [0.2, 0.25) is 0 Å². The summed E-state index contributed by atoms with van der Waals surface area (Å²) in [5.41, 5.74) is -0.0778. The molecule has 0 radical (unpaired) electrons. The zero-order chi connectivity index (χ0) is 16.9. The van der Waals surface area contributed by atoms with E-state index < -0.39 is 11.6 Å². The Balaban J connectivity index is 1.93. The third-order valence-electron chi connectivity index (χ3n) is 3.39. The second-order valence-electron chi connectivity index (χ2n) is 5.32. The number of anilines is 1. The van der Waals surface area contributed by atoms with Gasteiger partial charge in [-0.15, -0.1) is 11.8 Å². The number of thioether (sulfide) groups is 1. The van der Waals surface area contributed by atoms with Crippen LogP contribution in [-0.2, 0) is 5.60 Å². The van der Waals surface area contributed by atoms with E-state index in [4.69, 9.17) is 0 Å². The van der Waals surface area contributed by atoms with Gasteiger partial charge in [-0.1, -0.05) is 18.2 Å². The zero-order valence-electron chi connectivity index (χ0n) is 13.0. The van der Waals surface area contributed by atoms with E-state index in [1.165, 1.54) is 24.3 Å². The van der Waals surface area contributed by atoms with Crippen LogP contribution in [0.2, 0.25) is 0 Å². The Labute approximate surface area is 139 Å². The van der Waals surface area contributed by atoms with E-state index in [1.807, 2.05) is 24.5 Å². The highest BCUT2D eigenvalue weighted by atomic mass is 32.2. The van der Waals surface area contributed by atoms with E-state index >= 15 is 0 Å². The summed E-state index contributed by atoms with van der Waals surface area (Å²) < 4.78 is 12.9. The maximum absolute atomic E-state index is 12.9. The number of hydrogen-bond acceptors (Lipinski definition) is 3. The third kappa shape index (κ3) is 4.97. The number of carbonyl (C=O) groups is 1. The van der Waals surface area contributed by atoms with Crippen molar-refractivity contribution in [3.8, 4) is 0 Å². The van der Waals surface area contributed by atoms with Crippen LogP contribution in [0.25, 0.3) is 0 Å². The van der Waals surface area contributed by atoms with Gasteiger partial charge < -0.3 is 15.7 Å². The van der Waals surface area contributed by atoms with Crippen molar-refractivity contribution in [1.82, 2.24) is 5.32 Å². The molecule has 23 heavy (non-hydrogen) atoms. The van der Waals surface area contributed by atoms with Gasteiger partial charge in [0.1, 0.15) is 11.4 Å². The minimum Gasteiger partial charge on any atom is -0.384 e. The molecule has 3 N–H and O–H groups in total. The molecule has 0 aromatic heterocycles. The summed E-state index contributed by atoms with van der Waals surface area (Å²) >= 11 is 1.58. The first kappa shape index (κ1) is 17.3. The van der Waals surface area contributed by atoms with Crippen LogP contribution in [0.4, 0.5) is 14.9 Å². The maximum Gasteiger partial charge on any atom is 0.319 e. The van der Waals surface area contributed by atoms with Crippen molar-refractivity contribution in [3.63, 3.8) is 0 Å². The van der Waals surface area contributed by atoms with Crippen LogP contribution >= 0.6 is 11.8 Å². The number of nitrogens with one attached hydrogen (secondary N) is 2. The molecule has 2 rings (SSSR count). The van der Waals surface area contributed by atoms with Gasteiger partial charge >= 0.3 is 6.03 Å². The topological polar surface area (TPSA) is 61.4 Å². The first-order valence-electron chi connectivity index (χ1n) is 7.08. The van der Waals surface area contributed by atoms with Crippen molar-refractivity contribution in [3.05, 3.63) is 59.9 Å². The number of halogens is 1. The van der Waals surface area contributed by atoms with Crippen molar-refractivity contribution in [2.75, 3.05) is 18.1 Å². The van der Waals surface area contributed by atoms with Crippen molar-refractivity contribution in [2.24, 2.45) is 0 Å². The van der Waals surface area contributed by atoms with E-state index in [2.05, 4.69) is 10.6 Å². The van der Waals surface area contributed by atoms with Crippen LogP contribution in [0.1, 0.15) is 12.5 Å². The predicted octanol–water partition coefficient (Wildman–Crippen LogP) is 3.58. The van der Waals surface area contributed by atoms with Crippen molar-refractivity contribution < 1.29 is 14.3 Å². The van der Waals surface area contributed by atoms with Crippen LogP contribution < -0.4 is 10.6 Å². The first-order valence-corrected chi connectivity index (χ1v) is 8.30. The standard InChI is InChI=1S/C17H19FN2O2S/c1-17(22,12-6-8-13(18)9-7-12)11-19-16(21)20-14-4-3-5-15(10-14)23-2/h3-10,22H,11H2,1-2H3,(H2,19,20,21). The molecule has 6 heteroatoms. The molecule has 4 nitrogen and oxygen atoms in total. The average molecular weight is 334 g/mol. The molecule has 0 heterocycles. The SMILES string of the molecule is CSc1cccc(NC(=O)NCC(C)(O)c2ccc(F)cc2)c1. The number of urea groups is 1. The Kier molecular flexibility index (Phi) is 5.63. The summed E-state index contributed by atoms with van der Waals surface area (Å²) in [4.78, 5) is 13.0. The molecule has 0 spiro atoms. The molecule has 0 saturated heterocycles. The number of amides is 2. The summed E-state index contributed by atoms with van der Waals surface area (Å²) in [6.07, 6.45) is 1.96. The lowest BCUT2D eigenvalue weighted by molar-refractivity contribution is 0.0599. The molecule has 0 aliphatic carbocycles. The molecule has 1 unspecified atom stereocenters. The van der Waals surface area contributed by atoms with E-state index in [0.717, 1.165) is 4.90 Å². The summed E-state index contributed by atoms with van der Waals surface area (Å²) in [6, 6.07) is 12.6. The van der Waals surface area contributed by atoms with Gasteiger partial charge in [0.15, 0.2) is 0 Å². The summed E-state index contributed by atoms with van der Waals surface area (Å²) in [7, 11) is 0. The highest BCUT2D eigenvalue weighted by molar-refractivity contribution is 7.98. The minimum absolute atomic E-state index is 0.00663. The second-order valence-corrected chi connectivity index (χ2v) is 6.20. The zero-order valence-corrected chi connectivity index (χ0v) is 13.8. The predicted molar refractivity (Wildman–Crippen MR) is 91.2 cm³/mol. The smallest absolute Gasteiger partial charge is 0.319 e. The van der Waals surface area contributed by atoms with E-state index in [0.29, 0.717) is 11.3 Å². The van der Waals surface area contributed by atoms with Gasteiger partial charge in [0, 0.05) is 10.6 Å². The fourth-order valence-electron chi connectivity index (χ4n) is 2.04. The van der Waals surface area contributed by atoms with Crippen molar-refractivity contribution in [1.29, 1.82) is 0 Å². The lowest BCUT2D eigenvalue weighted by Gasteiger charge is -2.24. The van der Waals surface area contributed by atoms with E-state index in [1.54, 1.807) is 24.8 Å². The summed E-state index contributed by atoms with van der Waals surface area (Å²) in [6.45, 7) is 1.57. The molecule has 0 saturated carbocycles. The number of aliphatic hydroxyl groups is 1. The second kappa shape index (κ2) is 7.48. The monoisotopic (exact) mass is 334 g/mol. The number of hydrogen-bond donors (Lipinski definition) is 3. The van der Waals surface area contributed by atoms with Crippen molar-refractivity contribution >= 4 is 23.5 Å².